The van der Waals surface area contributed by atoms with Gasteiger partial charge >= 0.3 is 0 Å². The van der Waals surface area contributed by atoms with Crippen molar-refractivity contribution in [2.24, 2.45) is 5.92 Å². The van der Waals surface area contributed by atoms with Gasteiger partial charge in [0.25, 0.3) is 5.56 Å². The van der Waals surface area contributed by atoms with Crippen LogP contribution in [0.3, 0.4) is 0 Å². The summed E-state index contributed by atoms with van der Waals surface area (Å²) in [5.41, 5.74) is 4.01. The standard InChI is InChI=1S/C29H36N8O.C2H6/c1-4-14-36-28(38)24-19-30-29(31-22-9-11-23(12-10-22)35-17-15-34(3)16-18-35)33-27(24)37(36)25-13-8-21-7-6-20(5-2)26(21)32-25;1-2/h4,8-13,19-20,26,32H,1,5-7,14-18H2,2-3H3,(H,30,31,33);1-2H3. The molecular weight excluding hydrogens is 500 g/mol. The Labute approximate surface area is 236 Å². The van der Waals surface area contributed by atoms with Crippen molar-refractivity contribution in [3.8, 4) is 0 Å². The Hall–Kier alpha value is -3.85. The van der Waals surface area contributed by atoms with Crippen LogP contribution in [-0.2, 0) is 6.54 Å². The number of nitrogens with zero attached hydrogens (tertiary/aromatic N) is 6. The van der Waals surface area contributed by atoms with Gasteiger partial charge in [0, 0.05) is 43.8 Å². The quantitative estimate of drug-likeness (QED) is 0.414. The van der Waals surface area contributed by atoms with Crippen LogP contribution in [0.4, 0.5) is 17.3 Å². The van der Waals surface area contributed by atoms with E-state index >= 15 is 0 Å². The number of allylic oxidation sites excluding steroid dienone is 3. The van der Waals surface area contributed by atoms with E-state index in [-0.39, 0.29) is 5.56 Å². The highest BCUT2D eigenvalue weighted by atomic mass is 16.1. The van der Waals surface area contributed by atoms with Crippen LogP contribution in [0.5, 0.6) is 0 Å². The fraction of sp³-hybridized carbons (Fsp3) is 0.452. The number of hydrogen-bond donors (Lipinski definition) is 2. The highest BCUT2D eigenvalue weighted by Gasteiger charge is 2.33. The molecule has 2 aliphatic heterocycles. The van der Waals surface area contributed by atoms with Crippen molar-refractivity contribution in [1.82, 2.24) is 29.5 Å². The first kappa shape index (κ1) is 27.7. The zero-order valence-electron chi connectivity index (χ0n) is 24.2. The number of fused-ring (bicyclic) bond motifs is 2. The third kappa shape index (κ3) is 5.30. The largest absolute Gasteiger partial charge is 0.369 e. The molecule has 0 amide bonds. The van der Waals surface area contributed by atoms with E-state index in [1.165, 1.54) is 17.7 Å². The predicted octanol–water partition coefficient (Wildman–Crippen LogP) is 4.82. The summed E-state index contributed by atoms with van der Waals surface area (Å²) in [5.74, 6) is 1.90. The van der Waals surface area contributed by atoms with Gasteiger partial charge in [-0.1, -0.05) is 39.3 Å². The average Bonchev–Trinajstić information content (AvgIpc) is 3.52. The van der Waals surface area contributed by atoms with Crippen molar-refractivity contribution in [1.29, 1.82) is 0 Å². The molecule has 9 nitrogen and oxygen atoms in total. The molecule has 40 heavy (non-hydrogen) atoms. The van der Waals surface area contributed by atoms with Gasteiger partial charge in [0.15, 0.2) is 5.65 Å². The van der Waals surface area contributed by atoms with E-state index in [9.17, 15) is 4.79 Å². The fourth-order valence-corrected chi connectivity index (χ4v) is 5.91. The van der Waals surface area contributed by atoms with Crippen LogP contribution in [0.1, 0.15) is 40.0 Å². The molecule has 2 aromatic heterocycles. The molecule has 3 aromatic rings. The molecular formula is C31H42N8O. The van der Waals surface area contributed by atoms with Crippen LogP contribution in [0.25, 0.3) is 16.9 Å². The van der Waals surface area contributed by atoms with E-state index < -0.39 is 0 Å². The molecule has 0 spiro atoms. The monoisotopic (exact) mass is 542 g/mol. The van der Waals surface area contributed by atoms with Gasteiger partial charge in [-0.2, -0.15) is 4.98 Å². The molecule has 3 aliphatic rings. The number of benzene rings is 1. The minimum absolute atomic E-state index is 0.126. The van der Waals surface area contributed by atoms with Crippen LogP contribution in [-0.4, -0.2) is 63.5 Å². The number of piperazine rings is 1. The normalized spacial score (nSPS) is 20.6. The average molecular weight is 543 g/mol. The Morgan fingerprint density at radius 1 is 1.12 bits per heavy atom. The van der Waals surface area contributed by atoms with Crippen molar-refractivity contribution in [3.63, 3.8) is 0 Å². The van der Waals surface area contributed by atoms with E-state index in [1.807, 2.05) is 18.5 Å². The molecule has 2 N–H and O–H groups in total. The minimum atomic E-state index is -0.126. The molecule has 1 saturated heterocycles. The van der Waals surface area contributed by atoms with Gasteiger partial charge in [0.2, 0.25) is 5.95 Å². The SMILES string of the molecule is C=CCn1c(=O)c2cnc(Nc3ccc(N4CCN(C)CC4)cc3)nc2n1C1=CC=C2CCC(CC)C2N1.CC. The molecule has 4 heterocycles. The third-order valence-electron chi connectivity index (χ3n) is 8.16. The summed E-state index contributed by atoms with van der Waals surface area (Å²) < 4.78 is 3.57. The summed E-state index contributed by atoms with van der Waals surface area (Å²) in [6, 6.07) is 8.67. The molecule has 0 bridgehead atoms. The Bertz CT molecular complexity index is 1460. The minimum Gasteiger partial charge on any atom is -0.369 e. The third-order valence-corrected chi connectivity index (χ3v) is 8.16. The number of likely N-dealkylation sites (N-methyl/N-ethyl adjacent to an activating group) is 1. The first-order chi connectivity index (χ1) is 19.6. The van der Waals surface area contributed by atoms with Crippen molar-refractivity contribution in [2.75, 3.05) is 43.4 Å². The summed E-state index contributed by atoms with van der Waals surface area (Å²) in [7, 11) is 2.16. The zero-order valence-corrected chi connectivity index (χ0v) is 24.2. The lowest BCUT2D eigenvalue weighted by Crippen LogP contribution is -2.44. The number of rotatable bonds is 7. The topological polar surface area (TPSA) is 83.2 Å². The maximum absolute atomic E-state index is 13.3. The van der Waals surface area contributed by atoms with Gasteiger partial charge in [-0.25, -0.2) is 14.3 Å². The van der Waals surface area contributed by atoms with Gasteiger partial charge in [0.1, 0.15) is 11.2 Å². The second kappa shape index (κ2) is 12.1. The van der Waals surface area contributed by atoms with E-state index in [4.69, 9.17) is 4.98 Å². The number of anilines is 3. The number of nitrogens with one attached hydrogen (secondary N) is 2. The van der Waals surface area contributed by atoms with Gasteiger partial charge in [0.05, 0.1) is 12.6 Å². The van der Waals surface area contributed by atoms with Crippen LogP contribution in [0.2, 0.25) is 0 Å². The van der Waals surface area contributed by atoms with Gasteiger partial charge in [-0.3, -0.25) is 4.79 Å². The van der Waals surface area contributed by atoms with Crippen molar-refractivity contribution >= 4 is 34.2 Å². The summed E-state index contributed by atoms with van der Waals surface area (Å²) in [6.07, 6.45) is 11.1. The second-order valence-corrected chi connectivity index (χ2v) is 10.5. The summed E-state index contributed by atoms with van der Waals surface area (Å²) in [5, 5.41) is 7.54. The summed E-state index contributed by atoms with van der Waals surface area (Å²) in [6.45, 7) is 14.7. The maximum atomic E-state index is 13.3. The predicted molar refractivity (Wildman–Crippen MR) is 165 cm³/mol. The number of aromatic nitrogens is 4. The number of hydrogen-bond acceptors (Lipinski definition) is 7. The van der Waals surface area contributed by atoms with Crippen molar-refractivity contribution in [2.45, 2.75) is 52.6 Å². The Morgan fingerprint density at radius 2 is 1.88 bits per heavy atom. The molecule has 0 radical (unpaired) electrons. The van der Waals surface area contributed by atoms with E-state index in [2.05, 4.69) is 82.4 Å². The highest BCUT2D eigenvalue weighted by molar-refractivity contribution is 5.79. The first-order valence-corrected chi connectivity index (χ1v) is 14.6. The molecule has 6 rings (SSSR count). The van der Waals surface area contributed by atoms with Crippen molar-refractivity contribution < 1.29 is 0 Å². The molecule has 1 aromatic carbocycles. The van der Waals surface area contributed by atoms with E-state index in [1.54, 1.807) is 17.0 Å². The zero-order chi connectivity index (χ0) is 28.2. The van der Waals surface area contributed by atoms with Crippen LogP contribution >= 0.6 is 0 Å². The lowest BCUT2D eigenvalue weighted by molar-refractivity contribution is 0.313. The summed E-state index contributed by atoms with van der Waals surface area (Å²) >= 11 is 0. The molecule has 2 unspecified atom stereocenters. The van der Waals surface area contributed by atoms with Gasteiger partial charge < -0.3 is 20.4 Å². The van der Waals surface area contributed by atoms with Crippen LogP contribution in [0.15, 0.2) is 65.6 Å². The Kier molecular flexibility index (Phi) is 8.40. The number of dihydropyridines is 1. The van der Waals surface area contributed by atoms with Crippen molar-refractivity contribution in [3.05, 3.63) is 71.2 Å². The lowest BCUT2D eigenvalue weighted by Gasteiger charge is -2.34. The molecule has 9 heteroatoms. The fourth-order valence-electron chi connectivity index (χ4n) is 5.91. The molecule has 2 atom stereocenters. The molecule has 2 fully saturated rings. The second-order valence-electron chi connectivity index (χ2n) is 10.5. The van der Waals surface area contributed by atoms with E-state index in [0.29, 0.717) is 35.5 Å². The molecule has 1 aliphatic carbocycles. The van der Waals surface area contributed by atoms with Gasteiger partial charge in [-0.05, 0) is 61.7 Å². The molecule has 1 saturated carbocycles. The smallest absolute Gasteiger partial charge is 0.278 e. The van der Waals surface area contributed by atoms with E-state index in [0.717, 1.165) is 50.5 Å². The summed E-state index contributed by atoms with van der Waals surface area (Å²) in [4.78, 5) is 27.4. The highest BCUT2D eigenvalue weighted by Crippen LogP contribution is 2.36. The van der Waals surface area contributed by atoms with Gasteiger partial charge in [-0.15, -0.1) is 6.58 Å². The molecule has 212 valence electrons. The Balaban J connectivity index is 0.00000158. The first-order valence-electron chi connectivity index (χ1n) is 14.6. The van der Waals surface area contributed by atoms with Crippen LogP contribution in [0, 0.1) is 5.92 Å². The Morgan fingerprint density at radius 3 is 2.58 bits per heavy atom. The lowest BCUT2D eigenvalue weighted by atomic mass is 9.97. The van der Waals surface area contributed by atoms with Crippen LogP contribution < -0.4 is 21.1 Å². The maximum Gasteiger partial charge on any atom is 0.278 e.